The second kappa shape index (κ2) is 5.65. The van der Waals surface area contributed by atoms with E-state index in [1.165, 1.54) is 0 Å². The molecule has 19 heavy (non-hydrogen) atoms. The average molecular weight is 255 g/mol. The van der Waals surface area contributed by atoms with Crippen LogP contribution in [0.15, 0.2) is 36.5 Å². The molecule has 0 N–H and O–H groups in total. The van der Waals surface area contributed by atoms with Gasteiger partial charge in [0.15, 0.2) is 5.78 Å². The minimum absolute atomic E-state index is 0.0249. The zero-order valence-electron chi connectivity index (χ0n) is 11.4. The standard InChI is InChI=1S/C16H17NO2/c1-11-5-7-16(19-3)14(8-11)15(18)9-13-6-4-12(2)10-17-13/h4-8,10H,9H2,1-3H3. The SMILES string of the molecule is COc1ccc(C)cc1C(=O)Cc1ccc(C)cn1. The molecule has 0 unspecified atom stereocenters. The number of aromatic nitrogens is 1. The van der Waals surface area contributed by atoms with E-state index < -0.39 is 0 Å². The predicted molar refractivity (Wildman–Crippen MR) is 74.7 cm³/mol. The number of methoxy groups -OCH3 is 1. The molecule has 1 aromatic heterocycles. The van der Waals surface area contributed by atoms with Gasteiger partial charge in [-0.05, 0) is 37.6 Å². The first-order valence-electron chi connectivity index (χ1n) is 6.19. The van der Waals surface area contributed by atoms with Gasteiger partial charge in [0.2, 0.25) is 0 Å². The number of ether oxygens (including phenoxy) is 1. The lowest BCUT2D eigenvalue weighted by atomic mass is 10.0. The highest BCUT2D eigenvalue weighted by Crippen LogP contribution is 2.21. The minimum atomic E-state index is 0.0249. The van der Waals surface area contributed by atoms with E-state index in [0.717, 1.165) is 16.8 Å². The Balaban J connectivity index is 2.24. The van der Waals surface area contributed by atoms with Crippen molar-refractivity contribution in [2.24, 2.45) is 0 Å². The molecule has 1 aromatic carbocycles. The van der Waals surface area contributed by atoms with Crippen molar-refractivity contribution in [2.75, 3.05) is 7.11 Å². The van der Waals surface area contributed by atoms with E-state index in [-0.39, 0.29) is 5.78 Å². The van der Waals surface area contributed by atoms with E-state index in [1.54, 1.807) is 13.3 Å². The van der Waals surface area contributed by atoms with Crippen LogP contribution in [0.4, 0.5) is 0 Å². The molecule has 0 fully saturated rings. The van der Waals surface area contributed by atoms with Crippen molar-refractivity contribution in [3.05, 3.63) is 58.9 Å². The summed E-state index contributed by atoms with van der Waals surface area (Å²) >= 11 is 0. The van der Waals surface area contributed by atoms with Crippen molar-refractivity contribution in [3.63, 3.8) is 0 Å². The Hall–Kier alpha value is -2.16. The van der Waals surface area contributed by atoms with Crippen LogP contribution in [0.5, 0.6) is 5.75 Å². The zero-order chi connectivity index (χ0) is 13.8. The first-order chi connectivity index (χ1) is 9.10. The van der Waals surface area contributed by atoms with Crippen molar-refractivity contribution >= 4 is 5.78 Å². The predicted octanol–water partition coefficient (Wildman–Crippen LogP) is 3.13. The lowest BCUT2D eigenvalue weighted by Crippen LogP contribution is -2.07. The molecule has 3 nitrogen and oxygen atoms in total. The third-order valence-corrected chi connectivity index (χ3v) is 2.97. The fraction of sp³-hybridized carbons (Fsp3) is 0.250. The molecule has 0 aliphatic carbocycles. The van der Waals surface area contributed by atoms with Gasteiger partial charge in [-0.3, -0.25) is 9.78 Å². The van der Waals surface area contributed by atoms with E-state index in [4.69, 9.17) is 4.74 Å². The summed E-state index contributed by atoms with van der Waals surface area (Å²) < 4.78 is 5.24. The largest absolute Gasteiger partial charge is 0.496 e. The normalized spacial score (nSPS) is 10.3. The second-order valence-corrected chi connectivity index (χ2v) is 4.63. The molecule has 98 valence electrons. The maximum Gasteiger partial charge on any atom is 0.172 e. The molecule has 0 radical (unpaired) electrons. The van der Waals surface area contributed by atoms with E-state index in [1.807, 2.05) is 44.2 Å². The highest BCUT2D eigenvalue weighted by atomic mass is 16.5. The molecular weight excluding hydrogens is 238 g/mol. The minimum Gasteiger partial charge on any atom is -0.496 e. The van der Waals surface area contributed by atoms with Crippen LogP contribution < -0.4 is 4.74 Å². The van der Waals surface area contributed by atoms with Crippen LogP contribution in [0.25, 0.3) is 0 Å². The fourth-order valence-corrected chi connectivity index (χ4v) is 1.90. The van der Waals surface area contributed by atoms with Crippen LogP contribution in [-0.4, -0.2) is 17.9 Å². The van der Waals surface area contributed by atoms with Crippen molar-refractivity contribution in [1.29, 1.82) is 0 Å². The molecular formula is C16H17NO2. The van der Waals surface area contributed by atoms with Crippen LogP contribution >= 0.6 is 0 Å². The Morgan fingerprint density at radius 2 is 1.89 bits per heavy atom. The number of hydrogen-bond acceptors (Lipinski definition) is 3. The van der Waals surface area contributed by atoms with Crippen LogP contribution in [0, 0.1) is 13.8 Å². The summed E-state index contributed by atoms with van der Waals surface area (Å²) in [5.41, 5.74) is 3.52. The molecule has 0 saturated heterocycles. The number of carbonyl (C=O) groups is 1. The highest BCUT2D eigenvalue weighted by Gasteiger charge is 2.13. The van der Waals surface area contributed by atoms with Gasteiger partial charge in [0.1, 0.15) is 5.75 Å². The summed E-state index contributed by atoms with van der Waals surface area (Å²) in [4.78, 5) is 16.6. The summed E-state index contributed by atoms with van der Waals surface area (Å²) in [6.07, 6.45) is 2.07. The lowest BCUT2D eigenvalue weighted by Gasteiger charge is -2.08. The van der Waals surface area contributed by atoms with Gasteiger partial charge in [-0.2, -0.15) is 0 Å². The van der Waals surface area contributed by atoms with Gasteiger partial charge in [0, 0.05) is 11.9 Å². The zero-order valence-corrected chi connectivity index (χ0v) is 11.4. The topological polar surface area (TPSA) is 39.2 Å². The molecule has 0 amide bonds. The third-order valence-electron chi connectivity index (χ3n) is 2.97. The summed E-state index contributed by atoms with van der Waals surface area (Å²) in [6, 6.07) is 9.46. The van der Waals surface area contributed by atoms with E-state index in [0.29, 0.717) is 17.7 Å². The second-order valence-electron chi connectivity index (χ2n) is 4.63. The molecule has 0 bridgehead atoms. The van der Waals surface area contributed by atoms with Crippen LogP contribution in [0.3, 0.4) is 0 Å². The molecule has 0 aliphatic rings. The number of rotatable bonds is 4. The summed E-state index contributed by atoms with van der Waals surface area (Å²) in [7, 11) is 1.57. The Morgan fingerprint density at radius 1 is 1.16 bits per heavy atom. The van der Waals surface area contributed by atoms with Crippen LogP contribution in [-0.2, 0) is 6.42 Å². The quantitative estimate of drug-likeness (QED) is 0.788. The van der Waals surface area contributed by atoms with Gasteiger partial charge in [0.25, 0.3) is 0 Å². The summed E-state index contributed by atoms with van der Waals surface area (Å²) in [5, 5.41) is 0. The molecule has 0 aliphatic heterocycles. The average Bonchev–Trinajstić information content (AvgIpc) is 2.41. The van der Waals surface area contributed by atoms with Crippen molar-refractivity contribution < 1.29 is 9.53 Å². The maximum atomic E-state index is 12.3. The molecule has 1 heterocycles. The first-order valence-corrected chi connectivity index (χ1v) is 6.19. The molecule has 0 atom stereocenters. The smallest absolute Gasteiger partial charge is 0.172 e. The number of Topliss-reactive ketones (excluding diaryl/α,β-unsaturated/α-hetero) is 1. The van der Waals surface area contributed by atoms with Crippen molar-refractivity contribution in [3.8, 4) is 5.75 Å². The van der Waals surface area contributed by atoms with Crippen molar-refractivity contribution in [1.82, 2.24) is 4.98 Å². The molecule has 2 rings (SSSR count). The van der Waals surface area contributed by atoms with Crippen LogP contribution in [0.1, 0.15) is 27.2 Å². The summed E-state index contributed by atoms with van der Waals surface area (Å²) in [6.45, 7) is 3.93. The molecule has 0 saturated carbocycles. The number of carbonyl (C=O) groups excluding carboxylic acids is 1. The number of pyridine rings is 1. The van der Waals surface area contributed by atoms with Crippen molar-refractivity contribution in [2.45, 2.75) is 20.3 Å². The molecule has 0 spiro atoms. The maximum absolute atomic E-state index is 12.3. The highest BCUT2D eigenvalue weighted by molar-refractivity contribution is 6.00. The molecule has 2 aromatic rings. The van der Waals surface area contributed by atoms with Gasteiger partial charge < -0.3 is 4.74 Å². The van der Waals surface area contributed by atoms with E-state index in [9.17, 15) is 4.79 Å². The van der Waals surface area contributed by atoms with Crippen LogP contribution in [0.2, 0.25) is 0 Å². The number of nitrogens with zero attached hydrogens (tertiary/aromatic N) is 1. The Bertz CT molecular complexity index is 588. The van der Waals surface area contributed by atoms with E-state index in [2.05, 4.69) is 4.98 Å². The first kappa shape index (κ1) is 13.3. The van der Waals surface area contributed by atoms with Gasteiger partial charge in [-0.15, -0.1) is 0 Å². The molecule has 3 heteroatoms. The van der Waals surface area contributed by atoms with E-state index >= 15 is 0 Å². The number of aryl methyl sites for hydroxylation is 2. The fourth-order valence-electron chi connectivity index (χ4n) is 1.90. The number of benzene rings is 1. The van der Waals surface area contributed by atoms with Gasteiger partial charge in [-0.1, -0.05) is 17.7 Å². The lowest BCUT2D eigenvalue weighted by molar-refractivity contribution is 0.0989. The third kappa shape index (κ3) is 3.19. The Labute approximate surface area is 113 Å². The summed E-state index contributed by atoms with van der Waals surface area (Å²) in [5.74, 6) is 0.639. The number of ketones is 1. The van der Waals surface area contributed by atoms with Gasteiger partial charge in [-0.25, -0.2) is 0 Å². The van der Waals surface area contributed by atoms with Gasteiger partial charge >= 0.3 is 0 Å². The monoisotopic (exact) mass is 255 g/mol. The number of hydrogen-bond donors (Lipinski definition) is 0. The Morgan fingerprint density at radius 3 is 2.53 bits per heavy atom. The Kier molecular flexibility index (Phi) is 3.95. The van der Waals surface area contributed by atoms with Gasteiger partial charge in [0.05, 0.1) is 19.1 Å².